The summed E-state index contributed by atoms with van der Waals surface area (Å²) in [7, 11) is -1.89. The van der Waals surface area contributed by atoms with Gasteiger partial charge in [0.2, 0.25) is 0 Å². The molecule has 0 aliphatic heterocycles. The van der Waals surface area contributed by atoms with Crippen LogP contribution in [0.5, 0.6) is 11.5 Å². The molecule has 0 aliphatic rings. The smallest absolute Gasteiger partial charge is 0.492 e. The van der Waals surface area contributed by atoms with Crippen LogP contribution in [0.15, 0.2) is 12.1 Å². The van der Waals surface area contributed by atoms with E-state index in [9.17, 15) is 9.50 Å². The average molecular weight is 214 g/mol. The number of phenols is 1. The van der Waals surface area contributed by atoms with Gasteiger partial charge in [-0.25, -0.2) is 4.39 Å². The Morgan fingerprint density at radius 2 is 1.93 bits per heavy atom. The second-order valence-corrected chi connectivity index (χ2v) is 3.38. The van der Waals surface area contributed by atoms with Gasteiger partial charge in [-0.05, 0) is 19.9 Å². The summed E-state index contributed by atoms with van der Waals surface area (Å²) < 4.78 is 18.0. The first-order valence-electron chi connectivity index (χ1n) is 4.47. The van der Waals surface area contributed by atoms with Crippen LogP contribution in [0.3, 0.4) is 0 Å². The Hall–Kier alpha value is -1.27. The van der Waals surface area contributed by atoms with Crippen molar-refractivity contribution >= 4 is 12.6 Å². The first-order chi connectivity index (χ1) is 6.91. The van der Waals surface area contributed by atoms with Crippen molar-refractivity contribution in [3.05, 3.63) is 17.9 Å². The van der Waals surface area contributed by atoms with Crippen LogP contribution in [0, 0.1) is 5.82 Å². The third-order valence-corrected chi connectivity index (χ3v) is 1.69. The number of aromatic hydroxyl groups is 1. The number of rotatable bonds is 3. The van der Waals surface area contributed by atoms with Crippen molar-refractivity contribution in [2.24, 2.45) is 0 Å². The molecule has 0 aromatic heterocycles. The van der Waals surface area contributed by atoms with Crippen molar-refractivity contribution in [1.82, 2.24) is 0 Å². The topological polar surface area (TPSA) is 69.9 Å². The van der Waals surface area contributed by atoms with Gasteiger partial charge in [-0.3, -0.25) is 0 Å². The first kappa shape index (κ1) is 11.8. The third-order valence-electron chi connectivity index (χ3n) is 1.69. The Morgan fingerprint density at radius 3 is 2.40 bits per heavy atom. The molecule has 0 saturated heterocycles. The summed E-state index contributed by atoms with van der Waals surface area (Å²) in [6.45, 7) is 3.41. The highest BCUT2D eigenvalue weighted by atomic mass is 19.1. The molecule has 4 nitrogen and oxygen atoms in total. The van der Waals surface area contributed by atoms with Crippen LogP contribution < -0.4 is 10.2 Å². The lowest BCUT2D eigenvalue weighted by Gasteiger charge is -2.15. The lowest BCUT2D eigenvalue weighted by molar-refractivity contribution is 0.232. The second-order valence-electron chi connectivity index (χ2n) is 3.38. The van der Waals surface area contributed by atoms with Crippen molar-refractivity contribution in [1.29, 1.82) is 0 Å². The Balaban J connectivity index is 3.21. The minimum absolute atomic E-state index is 0.110. The molecule has 0 heterocycles. The Kier molecular flexibility index (Phi) is 3.54. The van der Waals surface area contributed by atoms with Crippen LogP contribution in [0.1, 0.15) is 13.8 Å². The number of halogens is 1. The quantitative estimate of drug-likeness (QED) is 0.619. The van der Waals surface area contributed by atoms with Gasteiger partial charge in [0.15, 0.2) is 11.5 Å². The molecule has 1 aromatic rings. The number of hydrogen-bond acceptors (Lipinski definition) is 4. The molecule has 1 aromatic carbocycles. The maximum atomic E-state index is 12.9. The van der Waals surface area contributed by atoms with Gasteiger partial charge in [0, 0.05) is 11.5 Å². The molecule has 6 heteroatoms. The van der Waals surface area contributed by atoms with Gasteiger partial charge in [0.25, 0.3) is 0 Å². The van der Waals surface area contributed by atoms with E-state index in [1.54, 1.807) is 13.8 Å². The van der Waals surface area contributed by atoms with Crippen LogP contribution in [0.2, 0.25) is 0 Å². The zero-order chi connectivity index (χ0) is 11.6. The molecule has 0 bridgehead atoms. The molecule has 0 fully saturated rings. The van der Waals surface area contributed by atoms with Gasteiger partial charge < -0.3 is 19.9 Å². The highest BCUT2D eigenvalue weighted by Crippen LogP contribution is 2.25. The fourth-order valence-electron chi connectivity index (χ4n) is 1.16. The zero-order valence-electron chi connectivity index (χ0n) is 8.44. The predicted molar refractivity (Wildman–Crippen MR) is 53.7 cm³/mol. The molecule has 3 N–H and O–H groups in total. The molecule has 0 amide bonds. The largest absolute Gasteiger partial charge is 0.504 e. The van der Waals surface area contributed by atoms with Crippen LogP contribution in [-0.4, -0.2) is 28.4 Å². The summed E-state index contributed by atoms with van der Waals surface area (Å²) in [6.07, 6.45) is -0.265. The van der Waals surface area contributed by atoms with E-state index in [1.807, 2.05) is 0 Å². The molecule has 0 atom stereocenters. The van der Waals surface area contributed by atoms with Gasteiger partial charge >= 0.3 is 7.12 Å². The van der Waals surface area contributed by atoms with Crippen molar-refractivity contribution in [2.45, 2.75) is 20.0 Å². The Bertz CT molecular complexity index is 354. The molecular weight excluding hydrogens is 202 g/mol. The molecule has 0 unspecified atom stereocenters. The molecule has 0 spiro atoms. The summed E-state index contributed by atoms with van der Waals surface area (Å²) in [4.78, 5) is 0. The molecule has 0 radical (unpaired) electrons. The standard InChI is InChI=1S/C9H12BFO4/c1-5(2)15-9-7(10(13)14)3-6(11)4-8(9)12/h3-5,12-14H,1-2H3. The highest BCUT2D eigenvalue weighted by molar-refractivity contribution is 6.59. The average Bonchev–Trinajstić information content (AvgIpc) is 2.08. The lowest BCUT2D eigenvalue weighted by Crippen LogP contribution is -2.32. The molecular formula is C9H12BFO4. The van der Waals surface area contributed by atoms with Gasteiger partial charge in [0.1, 0.15) is 5.82 Å². The zero-order valence-corrected chi connectivity index (χ0v) is 8.44. The van der Waals surface area contributed by atoms with E-state index in [0.29, 0.717) is 0 Å². The van der Waals surface area contributed by atoms with Crippen molar-refractivity contribution in [3.8, 4) is 11.5 Å². The maximum Gasteiger partial charge on any atom is 0.492 e. The lowest BCUT2D eigenvalue weighted by atomic mass is 9.79. The van der Waals surface area contributed by atoms with E-state index >= 15 is 0 Å². The SMILES string of the molecule is CC(C)Oc1c(O)cc(F)cc1B(O)O. The monoisotopic (exact) mass is 214 g/mol. The van der Waals surface area contributed by atoms with Crippen LogP contribution in [0.4, 0.5) is 4.39 Å². The maximum absolute atomic E-state index is 12.9. The van der Waals surface area contributed by atoms with E-state index in [0.717, 1.165) is 12.1 Å². The van der Waals surface area contributed by atoms with Gasteiger partial charge in [0.05, 0.1) is 6.10 Å². The molecule has 0 saturated carbocycles. The first-order valence-corrected chi connectivity index (χ1v) is 4.47. The number of phenolic OH excluding ortho intramolecular Hbond substituents is 1. The second kappa shape index (κ2) is 4.50. The Morgan fingerprint density at radius 1 is 1.33 bits per heavy atom. The van der Waals surface area contributed by atoms with E-state index in [4.69, 9.17) is 14.8 Å². The van der Waals surface area contributed by atoms with E-state index in [1.165, 1.54) is 0 Å². The summed E-state index contributed by atoms with van der Waals surface area (Å²) in [6, 6.07) is 1.76. The minimum atomic E-state index is -1.89. The van der Waals surface area contributed by atoms with Gasteiger partial charge in [-0.1, -0.05) is 0 Å². The highest BCUT2D eigenvalue weighted by Gasteiger charge is 2.22. The van der Waals surface area contributed by atoms with Gasteiger partial charge in [-0.15, -0.1) is 0 Å². The summed E-state index contributed by atoms with van der Waals surface area (Å²) in [5.41, 5.74) is -0.193. The summed E-state index contributed by atoms with van der Waals surface area (Å²) in [5, 5.41) is 27.3. The van der Waals surface area contributed by atoms with E-state index < -0.39 is 18.7 Å². The summed E-state index contributed by atoms with van der Waals surface area (Å²) >= 11 is 0. The fourth-order valence-corrected chi connectivity index (χ4v) is 1.16. The van der Waals surface area contributed by atoms with E-state index in [2.05, 4.69) is 0 Å². The Labute approximate surface area is 87.1 Å². The molecule has 1 rings (SSSR count). The molecule has 0 aliphatic carbocycles. The predicted octanol–water partition coefficient (Wildman–Crippen LogP) is -0.00170. The van der Waals surface area contributed by atoms with Crippen molar-refractivity contribution in [2.75, 3.05) is 0 Å². The molecule has 15 heavy (non-hydrogen) atoms. The van der Waals surface area contributed by atoms with Crippen molar-refractivity contribution in [3.63, 3.8) is 0 Å². The number of ether oxygens (including phenoxy) is 1. The van der Waals surface area contributed by atoms with Gasteiger partial charge in [-0.2, -0.15) is 0 Å². The number of benzene rings is 1. The van der Waals surface area contributed by atoms with Crippen LogP contribution in [0.25, 0.3) is 0 Å². The van der Waals surface area contributed by atoms with Crippen LogP contribution >= 0.6 is 0 Å². The van der Waals surface area contributed by atoms with E-state index in [-0.39, 0.29) is 17.3 Å². The minimum Gasteiger partial charge on any atom is -0.504 e. The van der Waals surface area contributed by atoms with Crippen LogP contribution in [-0.2, 0) is 0 Å². The van der Waals surface area contributed by atoms with Crippen molar-refractivity contribution < 1.29 is 24.3 Å². The molecule has 82 valence electrons. The number of hydrogen-bond donors (Lipinski definition) is 3. The summed E-state index contributed by atoms with van der Waals surface area (Å²) in [5.74, 6) is -1.32. The normalized spacial score (nSPS) is 10.5. The fraction of sp³-hybridized carbons (Fsp3) is 0.333. The third kappa shape index (κ3) is 2.84.